The Labute approximate surface area is 128 Å². The van der Waals surface area contributed by atoms with E-state index in [1.807, 2.05) is 0 Å². The number of nitrogens with zero attached hydrogens (tertiary/aromatic N) is 2. The molecule has 0 saturated carbocycles. The molecule has 1 N–H and O–H groups in total. The second-order valence-corrected chi connectivity index (χ2v) is 6.84. The third-order valence-electron chi connectivity index (χ3n) is 4.39. The summed E-state index contributed by atoms with van der Waals surface area (Å²) in [6, 6.07) is 3.59. The highest BCUT2D eigenvalue weighted by Crippen LogP contribution is 2.16. The second-order valence-electron chi connectivity index (χ2n) is 6.06. The Morgan fingerprint density at radius 2 is 2.25 bits per heavy atom. The number of likely N-dealkylation sites (N-methyl/N-ethyl adjacent to an activating group) is 2. The van der Waals surface area contributed by atoms with Crippen molar-refractivity contribution in [3.05, 3.63) is 22.4 Å². The fourth-order valence-electron chi connectivity index (χ4n) is 3.05. The Balaban J connectivity index is 1.84. The van der Waals surface area contributed by atoms with E-state index in [-0.39, 0.29) is 0 Å². The van der Waals surface area contributed by atoms with Crippen molar-refractivity contribution in [2.45, 2.75) is 38.3 Å². The maximum atomic E-state index is 3.69. The van der Waals surface area contributed by atoms with Crippen LogP contribution in [0.2, 0.25) is 0 Å². The predicted molar refractivity (Wildman–Crippen MR) is 88.6 cm³/mol. The summed E-state index contributed by atoms with van der Waals surface area (Å²) >= 11 is 1.81. The summed E-state index contributed by atoms with van der Waals surface area (Å²) in [5.74, 6) is 0. The monoisotopic (exact) mass is 295 g/mol. The van der Waals surface area contributed by atoms with Gasteiger partial charge in [0.15, 0.2) is 0 Å². The molecule has 1 saturated heterocycles. The molecule has 1 fully saturated rings. The summed E-state index contributed by atoms with van der Waals surface area (Å²) in [7, 11) is 4.52. The summed E-state index contributed by atoms with van der Waals surface area (Å²) in [5, 5.41) is 8.15. The zero-order valence-corrected chi connectivity index (χ0v) is 14.0. The molecule has 2 atom stereocenters. The fraction of sp³-hybridized carbons (Fsp3) is 0.750. The van der Waals surface area contributed by atoms with Crippen molar-refractivity contribution >= 4 is 11.3 Å². The van der Waals surface area contributed by atoms with Gasteiger partial charge in [0, 0.05) is 31.7 Å². The van der Waals surface area contributed by atoms with E-state index in [1.165, 1.54) is 44.5 Å². The summed E-state index contributed by atoms with van der Waals surface area (Å²) in [6.07, 6.45) is 3.71. The standard InChI is InChI=1S/C16H29N3S/c1-4-17-15(6-5-14-7-10-20-13-14)11-16-12-18(2)8-9-19(16)3/h7,10,13,15-17H,4-6,8-9,11-12H2,1-3H3. The van der Waals surface area contributed by atoms with Crippen LogP contribution in [0.25, 0.3) is 0 Å². The van der Waals surface area contributed by atoms with Gasteiger partial charge in [-0.25, -0.2) is 0 Å². The van der Waals surface area contributed by atoms with Gasteiger partial charge in [-0.15, -0.1) is 0 Å². The minimum atomic E-state index is 0.638. The predicted octanol–water partition coefficient (Wildman–Crippen LogP) is 2.29. The largest absolute Gasteiger partial charge is 0.314 e. The smallest absolute Gasteiger partial charge is 0.0235 e. The van der Waals surface area contributed by atoms with Crippen LogP contribution >= 0.6 is 11.3 Å². The van der Waals surface area contributed by atoms with Crippen LogP contribution in [0.5, 0.6) is 0 Å². The normalized spacial score (nSPS) is 23.1. The molecule has 4 heteroatoms. The SMILES string of the molecule is CCNC(CCc1ccsc1)CC1CN(C)CCN1C. The highest BCUT2D eigenvalue weighted by molar-refractivity contribution is 7.07. The van der Waals surface area contributed by atoms with Gasteiger partial charge in [-0.2, -0.15) is 11.3 Å². The van der Waals surface area contributed by atoms with Crippen LogP contribution in [-0.2, 0) is 6.42 Å². The number of thiophene rings is 1. The Kier molecular flexibility index (Phi) is 6.49. The van der Waals surface area contributed by atoms with E-state index in [0.29, 0.717) is 12.1 Å². The number of rotatable bonds is 7. The lowest BCUT2D eigenvalue weighted by atomic mass is 9.98. The molecule has 2 heterocycles. The van der Waals surface area contributed by atoms with Crippen LogP contribution < -0.4 is 5.32 Å². The van der Waals surface area contributed by atoms with Crippen molar-refractivity contribution in [2.24, 2.45) is 0 Å². The first-order chi connectivity index (χ1) is 9.69. The average Bonchev–Trinajstić information content (AvgIpc) is 2.93. The van der Waals surface area contributed by atoms with Gasteiger partial charge in [0.25, 0.3) is 0 Å². The Bertz CT molecular complexity index is 366. The van der Waals surface area contributed by atoms with Crippen molar-refractivity contribution in [1.29, 1.82) is 0 Å². The molecule has 20 heavy (non-hydrogen) atoms. The molecule has 1 aliphatic heterocycles. The van der Waals surface area contributed by atoms with E-state index in [4.69, 9.17) is 0 Å². The van der Waals surface area contributed by atoms with Crippen LogP contribution in [0, 0.1) is 0 Å². The highest BCUT2D eigenvalue weighted by Gasteiger charge is 2.24. The molecule has 3 nitrogen and oxygen atoms in total. The number of hydrogen-bond donors (Lipinski definition) is 1. The van der Waals surface area contributed by atoms with E-state index in [9.17, 15) is 0 Å². The lowest BCUT2D eigenvalue weighted by Gasteiger charge is -2.39. The zero-order chi connectivity index (χ0) is 14.4. The average molecular weight is 295 g/mol. The first kappa shape index (κ1) is 16.0. The fourth-order valence-corrected chi connectivity index (χ4v) is 3.76. The molecule has 1 aromatic heterocycles. The maximum Gasteiger partial charge on any atom is 0.0235 e. The van der Waals surface area contributed by atoms with E-state index < -0.39 is 0 Å². The first-order valence-electron chi connectivity index (χ1n) is 7.82. The zero-order valence-electron chi connectivity index (χ0n) is 13.1. The van der Waals surface area contributed by atoms with Gasteiger partial charge in [-0.3, -0.25) is 0 Å². The summed E-state index contributed by atoms with van der Waals surface area (Å²) in [4.78, 5) is 5.00. The molecule has 0 aromatic carbocycles. The molecular weight excluding hydrogens is 266 g/mol. The lowest BCUT2D eigenvalue weighted by molar-refractivity contribution is 0.100. The molecule has 0 spiro atoms. The second kappa shape index (κ2) is 8.13. The Morgan fingerprint density at radius 3 is 2.95 bits per heavy atom. The quantitative estimate of drug-likeness (QED) is 0.833. The van der Waals surface area contributed by atoms with Gasteiger partial charge in [0.2, 0.25) is 0 Å². The minimum Gasteiger partial charge on any atom is -0.314 e. The molecule has 1 aliphatic rings. The van der Waals surface area contributed by atoms with Crippen LogP contribution in [0.3, 0.4) is 0 Å². The van der Waals surface area contributed by atoms with Gasteiger partial charge in [-0.1, -0.05) is 6.92 Å². The number of piperazine rings is 1. The van der Waals surface area contributed by atoms with Crippen molar-refractivity contribution in [3.63, 3.8) is 0 Å². The van der Waals surface area contributed by atoms with Crippen LogP contribution in [-0.4, -0.2) is 62.2 Å². The molecule has 2 rings (SSSR count). The van der Waals surface area contributed by atoms with Gasteiger partial charge < -0.3 is 15.1 Å². The number of nitrogens with one attached hydrogen (secondary N) is 1. The third kappa shape index (κ3) is 4.85. The molecular formula is C16H29N3S. The molecule has 0 radical (unpaired) electrons. The molecule has 0 aliphatic carbocycles. The van der Waals surface area contributed by atoms with Crippen molar-refractivity contribution in [1.82, 2.24) is 15.1 Å². The summed E-state index contributed by atoms with van der Waals surface area (Å²) in [5.41, 5.74) is 1.49. The maximum absolute atomic E-state index is 3.69. The van der Waals surface area contributed by atoms with E-state index in [1.54, 1.807) is 11.3 Å². The van der Waals surface area contributed by atoms with Gasteiger partial charge in [-0.05, 0) is 62.3 Å². The lowest BCUT2D eigenvalue weighted by Crippen LogP contribution is -2.52. The minimum absolute atomic E-state index is 0.638. The Hall–Kier alpha value is -0.420. The first-order valence-corrected chi connectivity index (χ1v) is 8.76. The summed E-state index contributed by atoms with van der Waals surface area (Å²) < 4.78 is 0. The number of aryl methyl sites for hydroxylation is 1. The Morgan fingerprint density at radius 1 is 1.40 bits per heavy atom. The molecule has 1 aromatic rings. The van der Waals surface area contributed by atoms with Gasteiger partial charge in [0.1, 0.15) is 0 Å². The molecule has 114 valence electrons. The molecule has 0 bridgehead atoms. The van der Waals surface area contributed by atoms with E-state index >= 15 is 0 Å². The third-order valence-corrected chi connectivity index (χ3v) is 5.12. The van der Waals surface area contributed by atoms with Gasteiger partial charge in [0.05, 0.1) is 0 Å². The number of hydrogen-bond acceptors (Lipinski definition) is 4. The van der Waals surface area contributed by atoms with Crippen molar-refractivity contribution in [2.75, 3.05) is 40.3 Å². The van der Waals surface area contributed by atoms with Crippen molar-refractivity contribution in [3.8, 4) is 0 Å². The van der Waals surface area contributed by atoms with Crippen LogP contribution in [0.15, 0.2) is 16.8 Å². The molecule has 2 unspecified atom stereocenters. The van der Waals surface area contributed by atoms with E-state index in [2.05, 4.69) is 53.0 Å². The molecule has 0 amide bonds. The van der Waals surface area contributed by atoms with Crippen LogP contribution in [0.1, 0.15) is 25.3 Å². The highest BCUT2D eigenvalue weighted by atomic mass is 32.1. The topological polar surface area (TPSA) is 18.5 Å². The summed E-state index contributed by atoms with van der Waals surface area (Å²) in [6.45, 7) is 6.89. The van der Waals surface area contributed by atoms with Crippen LogP contribution in [0.4, 0.5) is 0 Å². The van der Waals surface area contributed by atoms with E-state index in [0.717, 1.165) is 6.54 Å². The van der Waals surface area contributed by atoms with Crippen molar-refractivity contribution < 1.29 is 0 Å². The van der Waals surface area contributed by atoms with Gasteiger partial charge >= 0.3 is 0 Å².